The van der Waals surface area contributed by atoms with E-state index in [1.54, 1.807) is 0 Å². The lowest BCUT2D eigenvalue weighted by Crippen LogP contribution is -2.38. The van der Waals surface area contributed by atoms with E-state index in [1.807, 2.05) is 0 Å². The van der Waals surface area contributed by atoms with Crippen molar-refractivity contribution in [3.05, 3.63) is 121 Å². The Morgan fingerprint density at radius 2 is 0.912 bits per heavy atom. The van der Waals surface area contributed by atoms with Crippen LogP contribution < -0.4 is 21.2 Å². The summed E-state index contributed by atoms with van der Waals surface area (Å²) in [4.78, 5) is 0. The van der Waals surface area contributed by atoms with Crippen molar-refractivity contribution < 1.29 is 9.47 Å². The summed E-state index contributed by atoms with van der Waals surface area (Å²) in [5.41, 5.74) is 0. The van der Waals surface area contributed by atoms with Crippen molar-refractivity contribution >= 4 is 37.1 Å². The molecule has 1 saturated heterocycles. The van der Waals surface area contributed by atoms with Crippen molar-refractivity contribution in [3.63, 3.8) is 0 Å². The van der Waals surface area contributed by atoms with Crippen molar-refractivity contribution in [2.24, 2.45) is 0 Å². The van der Waals surface area contributed by atoms with E-state index in [2.05, 4.69) is 121 Å². The highest BCUT2D eigenvalue weighted by atomic mass is 31.1. The third-order valence-corrected chi connectivity index (χ3v) is 11.2. The van der Waals surface area contributed by atoms with E-state index < -0.39 is 15.8 Å². The smallest absolute Gasteiger partial charge is 0.162 e. The van der Waals surface area contributed by atoms with Gasteiger partial charge in [-0.15, -0.1) is 0 Å². The van der Waals surface area contributed by atoms with Crippen molar-refractivity contribution in [1.82, 2.24) is 0 Å². The molecule has 0 aliphatic carbocycles. The van der Waals surface area contributed by atoms with Crippen LogP contribution in [-0.2, 0) is 9.47 Å². The fourth-order valence-corrected chi connectivity index (χ4v) is 9.12. The fraction of sp³-hybridized carbons (Fsp3) is 0.200. The highest BCUT2D eigenvalue weighted by Gasteiger charge is 2.29. The molecule has 34 heavy (non-hydrogen) atoms. The molecule has 0 N–H and O–H groups in total. The first-order valence-electron chi connectivity index (χ1n) is 11.9. The minimum Gasteiger partial charge on any atom is -0.352 e. The first kappa shape index (κ1) is 23.4. The van der Waals surface area contributed by atoms with Gasteiger partial charge in [0.1, 0.15) is 0 Å². The summed E-state index contributed by atoms with van der Waals surface area (Å²) in [6.07, 6.45) is 2.89. The van der Waals surface area contributed by atoms with Crippen LogP contribution in [0.15, 0.2) is 121 Å². The maximum Gasteiger partial charge on any atom is 0.162 e. The van der Waals surface area contributed by atoms with E-state index in [0.717, 1.165) is 25.4 Å². The van der Waals surface area contributed by atoms with Crippen molar-refractivity contribution in [1.29, 1.82) is 0 Å². The Bertz CT molecular complexity index is 954. The lowest BCUT2D eigenvalue weighted by molar-refractivity contribution is -0.193. The summed E-state index contributed by atoms with van der Waals surface area (Å²) in [6, 6.07) is 43.5. The second kappa shape index (κ2) is 11.9. The van der Waals surface area contributed by atoms with Gasteiger partial charge in [-0.3, -0.25) is 0 Å². The van der Waals surface area contributed by atoms with E-state index in [9.17, 15) is 0 Å². The lowest BCUT2D eigenvalue weighted by Gasteiger charge is -2.34. The molecule has 5 rings (SSSR count). The molecule has 0 unspecified atom stereocenters. The predicted octanol–water partition coefficient (Wildman–Crippen LogP) is 5.38. The van der Waals surface area contributed by atoms with Crippen molar-refractivity contribution in [2.45, 2.75) is 18.8 Å². The van der Waals surface area contributed by atoms with Gasteiger partial charge >= 0.3 is 0 Å². The quantitative estimate of drug-likeness (QED) is 0.313. The van der Waals surface area contributed by atoms with Crippen LogP contribution >= 0.6 is 15.8 Å². The van der Waals surface area contributed by atoms with Gasteiger partial charge in [-0.2, -0.15) is 0 Å². The van der Waals surface area contributed by atoms with Crippen LogP contribution in [0.3, 0.4) is 0 Å². The Morgan fingerprint density at radius 3 is 1.32 bits per heavy atom. The Balaban J connectivity index is 1.33. The molecule has 1 fully saturated rings. The van der Waals surface area contributed by atoms with Crippen LogP contribution in [0.1, 0.15) is 6.42 Å². The van der Waals surface area contributed by atoms with Gasteiger partial charge in [-0.05, 0) is 43.5 Å². The van der Waals surface area contributed by atoms with Crippen molar-refractivity contribution in [3.8, 4) is 0 Å². The summed E-state index contributed by atoms with van der Waals surface area (Å²) >= 11 is 0. The largest absolute Gasteiger partial charge is 0.352 e. The van der Waals surface area contributed by atoms with Gasteiger partial charge in [0.05, 0.1) is 12.7 Å². The van der Waals surface area contributed by atoms with Gasteiger partial charge < -0.3 is 9.47 Å². The van der Waals surface area contributed by atoms with Gasteiger partial charge in [0.2, 0.25) is 0 Å². The van der Waals surface area contributed by atoms with Crippen LogP contribution in [0.4, 0.5) is 0 Å². The maximum absolute atomic E-state index is 6.64. The lowest BCUT2D eigenvalue weighted by atomic mass is 10.3. The highest BCUT2D eigenvalue weighted by molar-refractivity contribution is 7.73. The van der Waals surface area contributed by atoms with Crippen LogP contribution in [0.2, 0.25) is 0 Å². The maximum atomic E-state index is 6.64. The van der Waals surface area contributed by atoms with Crippen LogP contribution in [0.25, 0.3) is 0 Å². The molecule has 2 atom stereocenters. The summed E-state index contributed by atoms with van der Waals surface area (Å²) in [7, 11) is -1.02. The predicted molar refractivity (Wildman–Crippen MR) is 147 cm³/mol. The average Bonchev–Trinajstić information content (AvgIpc) is 2.92. The number of hydrogen-bond acceptors (Lipinski definition) is 2. The third-order valence-electron chi connectivity index (χ3n) is 6.08. The molecule has 1 heterocycles. The molecule has 0 aromatic heterocycles. The first-order chi connectivity index (χ1) is 16.9. The molecule has 4 aromatic rings. The fourth-order valence-electron chi connectivity index (χ4n) is 4.39. The van der Waals surface area contributed by atoms with Crippen molar-refractivity contribution in [2.75, 3.05) is 18.9 Å². The molecular weight excluding hydrogens is 454 g/mol. The minimum atomic E-state index is -0.545. The molecule has 1 aliphatic rings. The molecule has 172 valence electrons. The molecule has 0 radical (unpaired) electrons. The Kier molecular flexibility index (Phi) is 8.17. The molecule has 0 amide bonds. The standard InChI is InChI=1S/C30H30O2P2/c1-5-13-26(14-6-1)33(27-15-7-2-8-16-27)23-25-21-22-31-30(32-25)24-34(28-17-9-3-10-18-28)29-19-11-4-12-20-29/h1-20,25,30H,21-24H2/t25-,30-/m1/s1. The highest BCUT2D eigenvalue weighted by Crippen LogP contribution is 2.39. The van der Waals surface area contributed by atoms with E-state index in [0.29, 0.717) is 0 Å². The number of rotatable bonds is 8. The Labute approximate surface area is 205 Å². The van der Waals surface area contributed by atoms with E-state index in [1.165, 1.54) is 21.2 Å². The average molecular weight is 485 g/mol. The number of benzene rings is 4. The number of hydrogen-bond donors (Lipinski definition) is 0. The first-order valence-corrected chi connectivity index (χ1v) is 14.9. The van der Waals surface area contributed by atoms with Gasteiger partial charge in [0, 0.05) is 12.3 Å². The molecular formula is C30H30O2P2. The zero-order valence-corrected chi connectivity index (χ0v) is 21.0. The summed E-state index contributed by atoms with van der Waals surface area (Å²) in [5, 5.41) is 5.56. The molecule has 2 nitrogen and oxygen atoms in total. The van der Waals surface area contributed by atoms with Gasteiger partial charge in [-0.1, -0.05) is 121 Å². The topological polar surface area (TPSA) is 18.5 Å². The van der Waals surface area contributed by atoms with Crippen LogP contribution in [0, 0.1) is 0 Å². The third kappa shape index (κ3) is 6.01. The molecule has 4 heteroatoms. The van der Waals surface area contributed by atoms with E-state index >= 15 is 0 Å². The Morgan fingerprint density at radius 1 is 0.529 bits per heavy atom. The number of ether oxygens (including phenoxy) is 2. The van der Waals surface area contributed by atoms with Crippen LogP contribution in [-0.4, -0.2) is 31.3 Å². The molecule has 0 bridgehead atoms. The van der Waals surface area contributed by atoms with E-state index in [4.69, 9.17) is 9.47 Å². The van der Waals surface area contributed by atoms with Gasteiger partial charge in [0.25, 0.3) is 0 Å². The van der Waals surface area contributed by atoms with Gasteiger partial charge in [0.15, 0.2) is 6.29 Å². The molecule has 0 saturated carbocycles. The minimum absolute atomic E-state index is 0.173. The normalized spacial score (nSPS) is 18.3. The Hall–Kier alpha value is -2.34. The molecule has 1 aliphatic heterocycles. The van der Waals surface area contributed by atoms with Crippen LogP contribution in [0.5, 0.6) is 0 Å². The second-order valence-corrected chi connectivity index (χ2v) is 12.9. The summed E-state index contributed by atoms with van der Waals surface area (Å²) < 4.78 is 12.8. The zero-order chi connectivity index (χ0) is 23.0. The SMILES string of the molecule is c1ccc(P(C[C@H]2CCO[C@@H](CP(c3ccccc3)c3ccccc3)O2)c2ccccc2)cc1. The summed E-state index contributed by atoms with van der Waals surface area (Å²) in [6.45, 7) is 0.759. The molecule has 4 aromatic carbocycles. The van der Waals surface area contributed by atoms with E-state index in [-0.39, 0.29) is 12.4 Å². The summed E-state index contributed by atoms with van der Waals surface area (Å²) in [5.74, 6) is 0. The van der Waals surface area contributed by atoms with Gasteiger partial charge in [-0.25, -0.2) is 0 Å². The second-order valence-electron chi connectivity index (χ2n) is 8.41. The molecule has 0 spiro atoms. The monoisotopic (exact) mass is 484 g/mol. The zero-order valence-electron chi connectivity index (χ0n) is 19.2.